The Labute approximate surface area is 220 Å². The Kier molecular flexibility index (Phi) is 9.26. The molecule has 0 unspecified atom stereocenters. The van der Waals surface area contributed by atoms with Crippen LogP contribution < -0.4 is 20.4 Å². The predicted octanol–water partition coefficient (Wildman–Crippen LogP) is 5.18. The molecule has 3 aromatic carbocycles. The van der Waals surface area contributed by atoms with Crippen LogP contribution in [0.5, 0.6) is 5.75 Å². The Bertz CT molecular complexity index is 1450. The van der Waals surface area contributed by atoms with Crippen molar-refractivity contribution in [3.05, 3.63) is 122 Å². The third-order valence-electron chi connectivity index (χ3n) is 5.09. The van der Waals surface area contributed by atoms with Crippen LogP contribution in [0.3, 0.4) is 0 Å². The number of ether oxygens (including phenoxy) is 1. The number of anilines is 1. The van der Waals surface area contributed by atoms with Gasteiger partial charge in [0.05, 0.1) is 20.2 Å². The molecule has 0 saturated carbocycles. The van der Waals surface area contributed by atoms with Crippen molar-refractivity contribution >= 4 is 39.9 Å². The zero-order chi connectivity index (χ0) is 24.8. The Hall–Kier alpha value is -3.63. The summed E-state index contributed by atoms with van der Waals surface area (Å²) in [5.74, 6) is -0.543. The molecule has 0 spiro atoms. The van der Waals surface area contributed by atoms with Gasteiger partial charge in [-0.3, -0.25) is 19.1 Å². The van der Waals surface area contributed by atoms with Crippen molar-refractivity contribution in [3.8, 4) is 5.75 Å². The van der Waals surface area contributed by atoms with E-state index in [1.165, 1.54) is 34.9 Å². The van der Waals surface area contributed by atoms with E-state index in [0.29, 0.717) is 21.8 Å². The van der Waals surface area contributed by atoms with E-state index >= 15 is 0 Å². The van der Waals surface area contributed by atoms with E-state index in [4.69, 9.17) is 4.74 Å². The van der Waals surface area contributed by atoms with Crippen molar-refractivity contribution in [2.45, 2.75) is 13.1 Å². The minimum atomic E-state index is -0.454. The third-order valence-corrected chi connectivity index (χ3v) is 6.14. The van der Waals surface area contributed by atoms with Crippen LogP contribution in [0.2, 0.25) is 0 Å². The summed E-state index contributed by atoms with van der Waals surface area (Å²) < 4.78 is 33.1. The van der Waals surface area contributed by atoms with Gasteiger partial charge in [-0.2, -0.15) is 0 Å². The summed E-state index contributed by atoms with van der Waals surface area (Å²) in [4.78, 5) is 30.9. The standard InChI is InChI=1S/C26H21F2N3O3S.BrH/c1-34-22-12-10-21(11-13-22)30-25(33)23-14-24(32)31(16-18-4-8-20(28)9-5-18)26(35-23)29-15-17-2-6-19(27)7-3-17;/h2-14H,15-16H2,1H3,(H,30,33);1H. The highest BCUT2D eigenvalue weighted by Gasteiger charge is 2.13. The summed E-state index contributed by atoms with van der Waals surface area (Å²) in [6.45, 7) is 0.335. The summed E-state index contributed by atoms with van der Waals surface area (Å²) in [5.41, 5.74) is 1.57. The summed E-state index contributed by atoms with van der Waals surface area (Å²) in [7, 11) is 1.55. The maximum atomic E-state index is 13.3. The maximum absolute atomic E-state index is 13.3. The van der Waals surface area contributed by atoms with Crippen LogP contribution in [-0.4, -0.2) is 17.6 Å². The first-order valence-electron chi connectivity index (χ1n) is 10.6. The molecular weight excluding hydrogens is 552 g/mol. The molecule has 1 N–H and O–H groups in total. The van der Waals surface area contributed by atoms with Crippen LogP contribution >= 0.6 is 28.3 Å². The number of methoxy groups -OCH3 is 1. The molecule has 0 aliphatic rings. The second kappa shape index (κ2) is 12.4. The first-order valence-corrected chi connectivity index (χ1v) is 11.4. The molecule has 0 aliphatic carbocycles. The second-order valence-corrected chi connectivity index (χ2v) is 8.58. The van der Waals surface area contributed by atoms with E-state index in [9.17, 15) is 18.4 Å². The van der Waals surface area contributed by atoms with E-state index in [0.717, 1.165) is 16.9 Å². The molecule has 0 bridgehead atoms. The van der Waals surface area contributed by atoms with E-state index in [2.05, 4.69) is 10.3 Å². The highest BCUT2D eigenvalue weighted by atomic mass is 79.9. The fourth-order valence-corrected chi connectivity index (χ4v) is 4.12. The van der Waals surface area contributed by atoms with Crippen molar-refractivity contribution < 1.29 is 18.3 Å². The van der Waals surface area contributed by atoms with Crippen LogP contribution in [-0.2, 0) is 13.1 Å². The van der Waals surface area contributed by atoms with Gasteiger partial charge in [0.25, 0.3) is 11.5 Å². The van der Waals surface area contributed by atoms with Gasteiger partial charge in [0.1, 0.15) is 22.3 Å². The number of nitrogens with one attached hydrogen (secondary N) is 1. The van der Waals surface area contributed by atoms with Crippen molar-refractivity contribution in [2.75, 3.05) is 12.4 Å². The molecule has 1 aromatic heterocycles. The van der Waals surface area contributed by atoms with Crippen molar-refractivity contribution in [3.63, 3.8) is 0 Å². The number of carbonyl (C=O) groups excluding carboxylic acids is 1. The lowest BCUT2D eigenvalue weighted by Crippen LogP contribution is -2.33. The summed E-state index contributed by atoms with van der Waals surface area (Å²) in [6, 6.07) is 19.7. The lowest BCUT2D eigenvalue weighted by molar-refractivity contribution is 0.103. The van der Waals surface area contributed by atoms with Gasteiger partial charge >= 0.3 is 0 Å². The van der Waals surface area contributed by atoms with Gasteiger partial charge in [0, 0.05) is 11.8 Å². The summed E-state index contributed by atoms with van der Waals surface area (Å²) in [6.07, 6.45) is 0. The molecule has 4 aromatic rings. The van der Waals surface area contributed by atoms with Gasteiger partial charge in [0.15, 0.2) is 4.80 Å². The lowest BCUT2D eigenvalue weighted by Gasteiger charge is -2.10. The largest absolute Gasteiger partial charge is 0.497 e. The van der Waals surface area contributed by atoms with Gasteiger partial charge in [-0.15, -0.1) is 17.0 Å². The maximum Gasteiger partial charge on any atom is 0.266 e. The molecule has 1 heterocycles. The molecule has 0 radical (unpaired) electrons. The van der Waals surface area contributed by atoms with Gasteiger partial charge in [-0.25, -0.2) is 8.78 Å². The first-order chi connectivity index (χ1) is 16.9. The molecule has 4 rings (SSSR count). The third kappa shape index (κ3) is 6.96. The van der Waals surface area contributed by atoms with Crippen LogP contribution in [0.15, 0.2) is 88.6 Å². The molecule has 36 heavy (non-hydrogen) atoms. The van der Waals surface area contributed by atoms with Gasteiger partial charge in [0.2, 0.25) is 0 Å². The zero-order valence-corrected chi connectivity index (χ0v) is 21.6. The average molecular weight is 574 g/mol. The SMILES string of the molecule is Br.COc1ccc(NC(=O)c2cc(=O)n(Cc3ccc(F)cc3)c(=NCc3ccc(F)cc3)s2)cc1. The quantitative estimate of drug-likeness (QED) is 0.331. The number of hydrogen-bond donors (Lipinski definition) is 1. The van der Waals surface area contributed by atoms with Gasteiger partial charge in [-0.1, -0.05) is 35.6 Å². The van der Waals surface area contributed by atoms with Crippen LogP contribution in [0.1, 0.15) is 20.8 Å². The van der Waals surface area contributed by atoms with E-state index in [1.807, 2.05) is 0 Å². The predicted molar refractivity (Wildman–Crippen MR) is 141 cm³/mol. The number of aromatic nitrogens is 1. The number of nitrogens with zero attached hydrogens (tertiary/aromatic N) is 2. The molecule has 10 heteroatoms. The Morgan fingerprint density at radius 1 is 0.944 bits per heavy atom. The molecule has 0 fully saturated rings. The second-order valence-electron chi connectivity index (χ2n) is 7.57. The zero-order valence-electron chi connectivity index (χ0n) is 19.1. The number of rotatable bonds is 7. The molecule has 0 saturated heterocycles. The van der Waals surface area contributed by atoms with Crippen LogP contribution in [0, 0.1) is 11.6 Å². The average Bonchev–Trinajstić information content (AvgIpc) is 2.86. The van der Waals surface area contributed by atoms with E-state index in [1.54, 1.807) is 55.6 Å². The number of halogens is 3. The molecule has 0 aliphatic heterocycles. The first kappa shape index (κ1) is 27.0. The minimum absolute atomic E-state index is 0. The molecule has 6 nitrogen and oxygen atoms in total. The van der Waals surface area contributed by atoms with Crippen molar-refractivity contribution in [1.82, 2.24) is 4.57 Å². The molecule has 0 atom stereocenters. The van der Waals surface area contributed by atoms with Crippen molar-refractivity contribution in [2.24, 2.45) is 4.99 Å². The lowest BCUT2D eigenvalue weighted by atomic mass is 10.2. The Balaban J connectivity index is 0.00000361. The fraction of sp³-hybridized carbons (Fsp3) is 0.115. The number of hydrogen-bond acceptors (Lipinski definition) is 5. The highest BCUT2D eigenvalue weighted by molar-refractivity contribution is 8.93. The van der Waals surface area contributed by atoms with Gasteiger partial charge < -0.3 is 10.1 Å². The number of carbonyl (C=O) groups is 1. The fourth-order valence-electron chi connectivity index (χ4n) is 3.23. The van der Waals surface area contributed by atoms with E-state index in [-0.39, 0.29) is 46.6 Å². The molecular formula is C26H22BrF2N3O3S. The smallest absolute Gasteiger partial charge is 0.266 e. The topological polar surface area (TPSA) is 72.7 Å². The molecule has 1 amide bonds. The molecule has 186 valence electrons. The summed E-state index contributed by atoms with van der Waals surface area (Å²) >= 11 is 1.05. The van der Waals surface area contributed by atoms with Crippen molar-refractivity contribution in [1.29, 1.82) is 0 Å². The summed E-state index contributed by atoms with van der Waals surface area (Å²) in [5, 5.41) is 2.76. The Morgan fingerprint density at radius 2 is 1.53 bits per heavy atom. The highest BCUT2D eigenvalue weighted by Crippen LogP contribution is 2.16. The van der Waals surface area contributed by atoms with E-state index < -0.39 is 11.5 Å². The van der Waals surface area contributed by atoms with Crippen LogP contribution in [0.4, 0.5) is 14.5 Å². The minimum Gasteiger partial charge on any atom is -0.497 e. The van der Waals surface area contributed by atoms with Gasteiger partial charge in [-0.05, 0) is 59.7 Å². The normalized spacial score (nSPS) is 11.0. The Morgan fingerprint density at radius 3 is 2.11 bits per heavy atom. The van der Waals surface area contributed by atoms with Crippen LogP contribution in [0.25, 0.3) is 0 Å². The monoisotopic (exact) mass is 573 g/mol. The number of amides is 1. The number of benzene rings is 3.